The van der Waals surface area contributed by atoms with Gasteiger partial charge in [0, 0.05) is 6.04 Å². The number of ether oxygens (including phenoxy) is 1. The van der Waals surface area contributed by atoms with E-state index in [4.69, 9.17) is 4.74 Å². The van der Waals surface area contributed by atoms with Gasteiger partial charge in [-0.1, -0.05) is 36.8 Å². The van der Waals surface area contributed by atoms with Crippen LogP contribution >= 0.6 is 0 Å². The molecule has 0 saturated carbocycles. The van der Waals surface area contributed by atoms with Gasteiger partial charge >= 0.3 is 0 Å². The molecule has 0 aromatic heterocycles. The average molecular weight is 287 g/mol. The van der Waals surface area contributed by atoms with Gasteiger partial charge in [0.25, 0.3) is 0 Å². The molecular weight excluding hydrogens is 265 g/mol. The van der Waals surface area contributed by atoms with Crippen LogP contribution in [0.2, 0.25) is 0 Å². The van der Waals surface area contributed by atoms with E-state index in [-0.39, 0.29) is 11.9 Å². The van der Waals surface area contributed by atoms with Gasteiger partial charge in [-0.2, -0.15) is 0 Å². The molecule has 0 aliphatic carbocycles. The van der Waals surface area contributed by atoms with Gasteiger partial charge in [-0.25, -0.2) is 4.39 Å². The Hall–Kier alpha value is -1.87. The minimum absolute atomic E-state index is 0.0707. The molecule has 0 saturated heterocycles. The second-order valence-corrected chi connectivity index (χ2v) is 5.18. The fourth-order valence-corrected chi connectivity index (χ4v) is 2.56. The SMILES string of the molecule is CCNC(Cc1cc(C)ccc1OC)c1cccc(F)c1. The van der Waals surface area contributed by atoms with E-state index in [2.05, 4.69) is 25.2 Å². The Bertz CT molecular complexity index is 598. The molecule has 3 heteroatoms. The van der Waals surface area contributed by atoms with Crippen LogP contribution in [-0.2, 0) is 6.42 Å². The van der Waals surface area contributed by atoms with E-state index in [1.807, 2.05) is 18.2 Å². The molecule has 1 unspecified atom stereocenters. The predicted octanol–water partition coefficient (Wildman–Crippen LogP) is 4.04. The molecule has 0 amide bonds. The average Bonchev–Trinajstić information content (AvgIpc) is 2.47. The number of hydrogen-bond donors (Lipinski definition) is 1. The number of aryl methyl sites for hydroxylation is 1. The second-order valence-electron chi connectivity index (χ2n) is 5.18. The summed E-state index contributed by atoms with van der Waals surface area (Å²) in [6.45, 7) is 4.95. The Labute approximate surface area is 126 Å². The highest BCUT2D eigenvalue weighted by molar-refractivity contribution is 5.38. The maximum Gasteiger partial charge on any atom is 0.123 e. The fourth-order valence-electron chi connectivity index (χ4n) is 2.56. The molecule has 2 nitrogen and oxygen atoms in total. The summed E-state index contributed by atoms with van der Waals surface area (Å²) in [4.78, 5) is 0. The standard InChI is InChI=1S/C18H22FNO/c1-4-20-17(14-6-5-7-16(19)11-14)12-15-10-13(2)8-9-18(15)21-3/h5-11,17,20H,4,12H2,1-3H3. The molecule has 0 bridgehead atoms. The van der Waals surface area contributed by atoms with Crippen LogP contribution in [0.1, 0.15) is 29.7 Å². The van der Waals surface area contributed by atoms with Crippen LogP contribution in [0.15, 0.2) is 42.5 Å². The number of nitrogens with one attached hydrogen (secondary N) is 1. The largest absolute Gasteiger partial charge is 0.496 e. The number of benzene rings is 2. The molecule has 1 N–H and O–H groups in total. The molecule has 0 aliphatic rings. The molecule has 21 heavy (non-hydrogen) atoms. The maximum absolute atomic E-state index is 13.5. The van der Waals surface area contributed by atoms with Crippen molar-refractivity contribution < 1.29 is 9.13 Å². The van der Waals surface area contributed by atoms with Gasteiger partial charge in [-0.3, -0.25) is 0 Å². The molecule has 0 fully saturated rings. The van der Waals surface area contributed by atoms with Crippen molar-refractivity contribution in [2.45, 2.75) is 26.3 Å². The minimum Gasteiger partial charge on any atom is -0.496 e. The number of rotatable bonds is 6. The summed E-state index contributed by atoms with van der Waals surface area (Å²) in [5.74, 6) is 0.673. The number of methoxy groups -OCH3 is 1. The molecule has 0 heterocycles. The summed E-state index contributed by atoms with van der Waals surface area (Å²) in [7, 11) is 1.68. The summed E-state index contributed by atoms with van der Waals surface area (Å²) in [5.41, 5.74) is 3.29. The number of hydrogen-bond acceptors (Lipinski definition) is 2. The molecule has 0 spiro atoms. The fraction of sp³-hybridized carbons (Fsp3) is 0.333. The molecule has 0 aliphatic heterocycles. The van der Waals surface area contributed by atoms with Crippen molar-refractivity contribution in [2.75, 3.05) is 13.7 Å². The summed E-state index contributed by atoms with van der Waals surface area (Å²) >= 11 is 0. The minimum atomic E-state index is -0.202. The van der Waals surface area contributed by atoms with Crippen molar-refractivity contribution in [3.8, 4) is 5.75 Å². The van der Waals surface area contributed by atoms with Gasteiger partial charge in [0.15, 0.2) is 0 Å². The Balaban J connectivity index is 2.30. The van der Waals surface area contributed by atoms with Crippen molar-refractivity contribution in [3.63, 3.8) is 0 Å². The highest BCUT2D eigenvalue weighted by atomic mass is 19.1. The van der Waals surface area contributed by atoms with Crippen molar-refractivity contribution in [1.82, 2.24) is 5.32 Å². The third kappa shape index (κ3) is 4.05. The molecule has 0 radical (unpaired) electrons. The van der Waals surface area contributed by atoms with Gasteiger partial charge in [0.05, 0.1) is 7.11 Å². The third-order valence-electron chi connectivity index (χ3n) is 3.56. The molecule has 2 aromatic carbocycles. The lowest BCUT2D eigenvalue weighted by Gasteiger charge is -2.20. The molecule has 2 aromatic rings. The zero-order chi connectivity index (χ0) is 15.2. The highest BCUT2D eigenvalue weighted by Crippen LogP contribution is 2.26. The van der Waals surface area contributed by atoms with Crippen LogP contribution in [0, 0.1) is 12.7 Å². The van der Waals surface area contributed by atoms with E-state index in [0.29, 0.717) is 0 Å². The van der Waals surface area contributed by atoms with E-state index in [1.54, 1.807) is 19.2 Å². The van der Waals surface area contributed by atoms with Crippen LogP contribution in [0.4, 0.5) is 4.39 Å². The van der Waals surface area contributed by atoms with Gasteiger partial charge in [-0.15, -0.1) is 0 Å². The van der Waals surface area contributed by atoms with E-state index in [9.17, 15) is 4.39 Å². The molecule has 1 atom stereocenters. The molecule has 112 valence electrons. The van der Waals surface area contributed by atoms with Crippen LogP contribution < -0.4 is 10.1 Å². The Morgan fingerprint density at radius 3 is 2.67 bits per heavy atom. The molecular formula is C18H22FNO. The zero-order valence-corrected chi connectivity index (χ0v) is 12.8. The summed E-state index contributed by atoms with van der Waals surface area (Å²) in [6, 6.07) is 13.0. The lowest BCUT2D eigenvalue weighted by atomic mass is 9.97. The Morgan fingerprint density at radius 1 is 1.19 bits per heavy atom. The van der Waals surface area contributed by atoms with Crippen LogP contribution in [0.5, 0.6) is 5.75 Å². The third-order valence-corrected chi connectivity index (χ3v) is 3.56. The number of likely N-dealkylation sites (N-methyl/N-ethyl adjacent to an activating group) is 1. The first-order valence-corrected chi connectivity index (χ1v) is 7.26. The van der Waals surface area contributed by atoms with E-state index in [0.717, 1.165) is 29.8 Å². The van der Waals surface area contributed by atoms with Crippen molar-refractivity contribution >= 4 is 0 Å². The molecule has 2 rings (SSSR count). The van der Waals surface area contributed by atoms with E-state index < -0.39 is 0 Å². The first-order valence-electron chi connectivity index (χ1n) is 7.26. The van der Waals surface area contributed by atoms with Crippen LogP contribution in [0.25, 0.3) is 0 Å². The van der Waals surface area contributed by atoms with Crippen LogP contribution in [0.3, 0.4) is 0 Å². The van der Waals surface area contributed by atoms with Gasteiger partial charge in [0.1, 0.15) is 11.6 Å². The summed E-state index contributed by atoms with van der Waals surface area (Å²) in [5, 5.41) is 3.42. The first-order chi connectivity index (χ1) is 10.1. The number of halogens is 1. The normalized spacial score (nSPS) is 12.2. The topological polar surface area (TPSA) is 21.3 Å². The Kier molecular flexibility index (Phi) is 5.34. The lowest BCUT2D eigenvalue weighted by molar-refractivity contribution is 0.405. The zero-order valence-electron chi connectivity index (χ0n) is 12.8. The smallest absolute Gasteiger partial charge is 0.123 e. The lowest BCUT2D eigenvalue weighted by Crippen LogP contribution is -2.23. The Morgan fingerprint density at radius 2 is 2.00 bits per heavy atom. The van der Waals surface area contributed by atoms with E-state index >= 15 is 0 Å². The van der Waals surface area contributed by atoms with Gasteiger partial charge in [0.2, 0.25) is 0 Å². The summed E-state index contributed by atoms with van der Waals surface area (Å²) in [6.07, 6.45) is 0.766. The highest BCUT2D eigenvalue weighted by Gasteiger charge is 2.14. The van der Waals surface area contributed by atoms with Crippen LogP contribution in [-0.4, -0.2) is 13.7 Å². The monoisotopic (exact) mass is 287 g/mol. The van der Waals surface area contributed by atoms with Gasteiger partial charge in [-0.05, 0) is 49.2 Å². The van der Waals surface area contributed by atoms with Crippen molar-refractivity contribution in [1.29, 1.82) is 0 Å². The van der Waals surface area contributed by atoms with E-state index in [1.165, 1.54) is 11.6 Å². The second kappa shape index (κ2) is 7.23. The summed E-state index contributed by atoms with van der Waals surface area (Å²) < 4.78 is 18.9. The quantitative estimate of drug-likeness (QED) is 0.866. The first kappa shape index (κ1) is 15.5. The van der Waals surface area contributed by atoms with Crippen molar-refractivity contribution in [2.24, 2.45) is 0 Å². The maximum atomic E-state index is 13.5. The van der Waals surface area contributed by atoms with Crippen molar-refractivity contribution in [3.05, 3.63) is 65.0 Å². The van der Waals surface area contributed by atoms with Gasteiger partial charge < -0.3 is 10.1 Å². The predicted molar refractivity (Wildman–Crippen MR) is 84.3 cm³/mol.